The van der Waals surface area contributed by atoms with E-state index in [1.54, 1.807) is 0 Å². The number of hydrogen-bond donors (Lipinski definition) is 1. The van der Waals surface area contributed by atoms with Gasteiger partial charge in [0.05, 0.1) is 6.20 Å². The van der Waals surface area contributed by atoms with Crippen molar-refractivity contribution < 1.29 is 5.11 Å². The van der Waals surface area contributed by atoms with Crippen molar-refractivity contribution in [3.63, 3.8) is 0 Å². The molecule has 2 rings (SSSR count). The number of rotatable bonds is 8. The molecule has 0 aliphatic heterocycles. The summed E-state index contributed by atoms with van der Waals surface area (Å²) < 4.78 is 1.84. The van der Waals surface area contributed by atoms with Gasteiger partial charge in [-0.25, -0.2) is 0 Å². The van der Waals surface area contributed by atoms with Crippen LogP contribution in [-0.4, -0.2) is 39.8 Å². The molecule has 0 bridgehead atoms. The predicted molar refractivity (Wildman–Crippen MR) is 85.3 cm³/mol. The second-order valence-electron chi connectivity index (χ2n) is 5.02. The molecule has 1 aromatic heterocycles. The summed E-state index contributed by atoms with van der Waals surface area (Å²) >= 11 is 0. The molecule has 1 heterocycles. The van der Waals surface area contributed by atoms with Gasteiger partial charge in [0.25, 0.3) is 0 Å². The molecule has 0 unspecified atom stereocenters. The highest BCUT2D eigenvalue weighted by Crippen LogP contribution is 2.21. The topological polar surface area (TPSA) is 54.2 Å². The number of aryl methyl sites for hydroxylation is 1. The van der Waals surface area contributed by atoms with Crippen LogP contribution >= 0.6 is 0 Å². The number of benzene rings is 1. The number of aliphatic hydroxyl groups is 1. The van der Waals surface area contributed by atoms with Crippen LogP contribution in [0.25, 0.3) is 11.3 Å². The molecular formula is C16H24N4O. The number of aliphatic hydroxyl groups excluding tert-OH is 1. The summed E-state index contributed by atoms with van der Waals surface area (Å²) in [5.41, 5.74) is 3.21. The lowest BCUT2D eigenvalue weighted by atomic mass is 10.1. The van der Waals surface area contributed by atoms with Crippen molar-refractivity contribution in [2.75, 3.05) is 24.6 Å². The van der Waals surface area contributed by atoms with E-state index < -0.39 is 0 Å². The summed E-state index contributed by atoms with van der Waals surface area (Å²) in [6.07, 6.45) is 3.68. The Morgan fingerprint density at radius 1 is 1.10 bits per heavy atom. The Morgan fingerprint density at radius 3 is 2.43 bits per heavy atom. The van der Waals surface area contributed by atoms with Crippen molar-refractivity contribution in [3.8, 4) is 11.3 Å². The third-order valence-corrected chi connectivity index (χ3v) is 3.63. The fourth-order valence-corrected chi connectivity index (χ4v) is 2.36. The molecule has 0 saturated heterocycles. The fourth-order valence-electron chi connectivity index (χ4n) is 2.36. The average molecular weight is 288 g/mol. The molecule has 5 heteroatoms. The Morgan fingerprint density at radius 2 is 1.81 bits per heavy atom. The molecule has 0 saturated carbocycles. The second-order valence-corrected chi connectivity index (χ2v) is 5.02. The molecule has 0 radical (unpaired) electrons. The largest absolute Gasteiger partial charge is 0.396 e. The van der Waals surface area contributed by atoms with Crippen molar-refractivity contribution in [2.24, 2.45) is 0 Å². The Balaban J connectivity index is 2.05. The smallest absolute Gasteiger partial charge is 0.113 e. The lowest BCUT2D eigenvalue weighted by molar-refractivity contribution is 0.280. The molecule has 0 atom stereocenters. The summed E-state index contributed by atoms with van der Waals surface area (Å²) in [4.78, 5) is 2.32. The van der Waals surface area contributed by atoms with Crippen LogP contribution in [0.15, 0.2) is 30.5 Å². The summed E-state index contributed by atoms with van der Waals surface area (Å²) in [6, 6.07) is 8.45. The predicted octanol–water partition coefficient (Wildman–Crippen LogP) is 2.56. The van der Waals surface area contributed by atoms with Crippen LogP contribution in [0.4, 0.5) is 5.69 Å². The van der Waals surface area contributed by atoms with Gasteiger partial charge in [0.1, 0.15) is 5.69 Å². The highest BCUT2D eigenvalue weighted by molar-refractivity contribution is 5.62. The van der Waals surface area contributed by atoms with Crippen LogP contribution in [-0.2, 0) is 6.54 Å². The maximum Gasteiger partial charge on any atom is 0.113 e. The van der Waals surface area contributed by atoms with Gasteiger partial charge in [-0.1, -0.05) is 17.3 Å². The van der Waals surface area contributed by atoms with Gasteiger partial charge in [-0.05, 0) is 38.8 Å². The van der Waals surface area contributed by atoms with Gasteiger partial charge < -0.3 is 10.0 Å². The number of aromatic nitrogens is 3. The first kappa shape index (κ1) is 15.5. The highest BCUT2D eigenvalue weighted by atomic mass is 16.2. The lowest BCUT2D eigenvalue weighted by Gasteiger charge is -2.20. The standard InChI is InChI=1S/C16H24N4O/c1-3-19(4-2)15-9-7-14(8-10-15)16-13-20(18-17-16)11-5-6-12-21/h7-10,13,21H,3-6,11-12H2,1-2H3. The molecule has 0 fully saturated rings. The molecule has 0 aliphatic carbocycles. The Hall–Kier alpha value is -1.88. The Bertz CT molecular complexity index is 531. The monoisotopic (exact) mass is 288 g/mol. The minimum absolute atomic E-state index is 0.231. The van der Waals surface area contributed by atoms with E-state index in [0.717, 1.165) is 43.7 Å². The minimum Gasteiger partial charge on any atom is -0.396 e. The van der Waals surface area contributed by atoms with Gasteiger partial charge in [-0.2, -0.15) is 0 Å². The molecule has 21 heavy (non-hydrogen) atoms. The molecular weight excluding hydrogens is 264 g/mol. The first-order chi connectivity index (χ1) is 10.3. The van der Waals surface area contributed by atoms with Gasteiger partial charge in [0, 0.05) is 37.5 Å². The van der Waals surface area contributed by atoms with E-state index in [0.29, 0.717) is 0 Å². The van der Waals surface area contributed by atoms with E-state index in [4.69, 9.17) is 5.11 Å². The van der Waals surface area contributed by atoms with Gasteiger partial charge in [0.15, 0.2) is 0 Å². The van der Waals surface area contributed by atoms with Gasteiger partial charge >= 0.3 is 0 Å². The van der Waals surface area contributed by atoms with E-state index in [1.807, 2.05) is 10.9 Å². The molecule has 114 valence electrons. The zero-order valence-electron chi connectivity index (χ0n) is 12.9. The van der Waals surface area contributed by atoms with Gasteiger partial charge in [0.2, 0.25) is 0 Å². The second kappa shape index (κ2) is 7.78. The normalized spacial score (nSPS) is 10.8. The van der Waals surface area contributed by atoms with E-state index in [2.05, 4.69) is 53.3 Å². The third-order valence-electron chi connectivity index (χ3n) is 3.63. The van der Waals surface area contributed by atoms with E-state index in [9.17, 15) is 0 Å². The molecule has 5 nitrogen and oxygen atoms in total. The van der Waals surface area contributed by atoms with Crippen LogP contribution in [0.5, 0.6) is 0 Å². The molecule has 0 spiro atoms. The first-order valence-electron chi connectivity index (χ1n) is 7.64. The van der Waals surface area contributed by atoms with Crippen LogP contribution in [0.3, 0.4) is 0 Å². The molecule has 1 N–H and O–H groups in total. The zero-order valence-corrected chi connectivity index (χ0v) is 12.9. The minimum atomic E-state index is 0.231. The fraction of sp³-hybridized carbons (Fsp3) is 0.500. The SMILES string of the molecule is CCN(CC)c1ccc(-c2cn(CCCCO)nn2)cc1. The van der Waals surface area contributed by atoms with Gasteiger partial charge in [-0.3, -0.25) is 4.68 Å². The third kappa shape index (κ3) is 4.04. The average Bonchev–Trinajstić information content (AvgIpc) is 2.98. The van der Waals surface area contributed by atoms with Crippen molar-refractivity contribution >= 4 is 5.69 Å². The molecule has 0 amide bonds. The maximum absolute atomic E-state index is 8.79. The van der Waals surface area contributed by atoms with E-state index >= 15 is 0 Å². The van der Waals surface area contributed by atoms with Crippen molar-refractivity contribution in [1.82, 2.24) is 15.0 Å². The maximum atomic E-state index is 8.79. The van der Waals surface area contributed by atoms with Crippen LogP contribution in [0.1, 0.15) is 26.7 Å². The molecule has 0 aliphatic rings. The first-order valence-corrected chi connectivity index (χ1v) is 7.64. The molecule has 2 aromatic rings. The van der Waals surface area contributed by atoms with Crippen LogP contribution in [0.2, 0.25) is 0 Å². The van der Waals surface area contributed by atoms with Crippen LogP contribution < -0.4 is 4.90 Å². The quantitative estimate of drug-likeness (QED) is 0.759. The van der Waals surface area contributed by atoms with Crippen LogP contribution in [0, 0.1) is 0 Å². The van der Waals surface area contributed by atoms with Gasteiger partial charge in [-0.15, -0.1) is 5.10 Å². The lowest BCUT2D eigenvalue weighted by Crippen LogP contribution is -2.21. The summed E-state index contributed by atoms with van der Waals surface area (Å²) in [7, 11) is 0. The summed E-state index contributed by atoms with van der Waals surface area (Å²) in [5, 5.41) is 17.1. The summed E-state index contributed by atoms with van der Waals surface area (Å²) in [6.45, 7) is 7.37. The summed E-state index contributed by atoms with van der Waals surface area (Å²) in [5.74, 6) is 0. The zero-order chi connectivity index (χ0) is 15.1. The number of hydrogen-bond acceptors (Lipinski definition) is 4. The molecule has 1 aromatic carbocycles. The van der Waals surface area contributed by atoms with Crippen molar-refractivity contribution in [1.29, 1.82) is 0 Å². The highest BCUT2D eigenvalue weighted by Gasteiger charge is 2.06. The number of anilines is 1. The van der Waals surface area contributed by atoms with Crippen molar-refractivity contribution in [3.05, 3.63) is 30.5 Å². The van der Waals surface area contributed by atoms with E-state index in [-0.39, 0.29) is 6.61 Å². The Kier molecular flexibility index (Phi) is 5.75. The Labute approximate surface area is 126 Å². The number of unbranched alkanes of at least 4 members (excludes halogenated alkanes) is 1. The number of nitrogens with zero attached hydrogens (tertiary/aromatic N) is 4. The van der Waals surface area contributed by atoms with Crippen molar-refractivity contribution in [2.45, 2.75) is 33.2 Å². The van der Waals surface area contributed by atoms with E-state index in [1.165, 1.54) is 5.69 Å².